The number of amides is 1. The number of fused-ring (bicyclic) bond motifs is 1. The fourth-order valence-corrected chi connectivity index (χ4v) is 3.90. The third-order valence-corrected chi connectivity index (χ3v) is 5.66. The molecule has 0 fully saturated rings. The lowest BCUT2D eigenvalue weighted by atomic mass is 10.0. The summed E-state index contributed by atoms with van der Waals surface area (Å²) in [6.45, 7) is 0.862. The number of aromatic nitrogens is 4. The minimum atomic E-state index is -0.0735. The van der Waals surface area contributed by atoms with Crippen molar-refractivity contribution in [2.75, 3.05) is 0 Å². The molecule has 0 saturated heterocycles. The summed E-state index contributed by atoms with van der Waals surface area (Å²) in [6, 6.07) is 24.0. The zero-order valence-electron chi connectivity index (χ0n) is 18.3. The highest BCUT2D eigenvalue weighted by Crippen LogP contribution is 2.22. The molecule has 0 saturated carbocycles. The fourth-order valence-electron chi connectivity index (χ4n) is 3.90. The van der Waals surface area contributed by atoms with Crippen molar-refractivity contribution in [2.45, 2.75) is 13.1 Å². The molecule has 0 aliphatic rings. The molecule has 0 spiro atoms. The minimum absolute atomic E-state index is 0.0735. The summed E-state index contributed by atoms with van der Waals surface area (Å²) >= 11 is 0. The quantitative estimate of drug-likeness (QED) is 0.383. The number of rotatable bonds is 6. The number of carbonyl (C=O) groups excluding carboxylic acids is 1. The summed E-state index contributed by atoms with van der Waals surface area (Å²) in [4.78, 5) is 28.5. The molecule has 33 heavy (non-hydrogen) atoms. The van der Waals surface area contributed by atoms with Gasteiger partial charge in [-0.1, -0.05) is 48.5 Å². The van der Waals surface area contributed by atoms with E-state index in [-0.39, 0.29) is 5.91 Å². The Hall–Kier alpha value is -4.32. The van der Waals surface area contributed by atoms with E-state index in [2.05, 4.69) is 45.3 Å². The van der Waals surface area contributed by atoms with Gasteiger partial charge in [0.05, 0.1) is 17.6 Å². The molecule has 162 valence electrons. The normalized spacial score (nSPS) is 10.9. The van der Waals surface area contributed by atoms with E-state index in [1.54, 1.807) is 24.7 Å². The molecule has 5 aromatic rings. The highest BCUT2D eigenvalue weighted by Gasteiger charge is 2.19. The van der Waals surface area contributed by atoms with E-state index in [9.17, 15) is 4.79 Å². The van der Waals surface area contributed by atoms with Crippen LogP contribution in [0.25, 0.3) is 22.2 Å². The molecule has 0 aliphatic carbocycles. The van der Waals surface area contributed by atoms with Crippen molar-refractivity contribution in [3.8, 4) is 11.1 Å². The van der Waals surface area contributed by atoms with Crippen LogP contribution in [0.1, 0.15) is 21.7 Å². The van der Waals surface area contributed by atoms with Crippen LogP contribution in [0, 0.1) is 0 Å². The Balaban J connectivity index is 1.48. The van der Waals surface area contributed by atoms with Gasteiger partial charge in [0.2, 0.25) is 0 Å². The fraction of sp³-hybridized carbons (Fsp3) is 0.111. The third-order valence-electron chi connectivity index (χ3n) is 5.66. The Labute approximate surface area is 192 Å². The van der Waals surface area contributed by atoms with Gasteiger partial charge in [0.25, 0.3) is 5.91 Å². The van der Waals surface area contributed by atoms with Crippen LogP contribution in [-0.2, 0) is 20.1 Å². The molecule has 6 heteroatoms. The van der Waals surface area contributed by atoms with E-state index < -0.39 is 0 Å². The van der Waals surface area contributed by atoms with Gasteiger partial charge < -0.3 is 9.47 Å². The summed E-state index contributed by atoms with van der Waals surface area (Å²) in [5.74, 6) is 0.749. The molecule has 1 amide bonds. The number of hydrogen-bond acceptors (Lipinski definition) is 4. The highest BCUT2D eigenvalue weighted by atomic mass is 16.2. The van der Waals surface area contributed by atoms with E-state index in [1.165, 1.54) is 0 Å². The molecule has 6 nitrogen and oxygen atoms in total. The Morgan fingerprint density at radius 3 is 2.36 bits per heavy atom. The van der Waals surface area contributed by atoms with Crippen LogP contribution in [0.5, 0.6) is 0 Å². The maximum atomic E-state index is 13.6. The lowest BCUT2D eigenvalue weighted by molar-refractivity contribution is 0.0724. The second kappa shape index (κ2) is 9.04. The van der Waals surface area contributed by atoms with Crippen LogP contribution in [0.15, 0.2) is 97.6 Å². The van der Waals surface area contributed by atoms with Crippen molar-refractivity contribution >= 4 is 16.9 Å². The lowest BCUT2D eigenvalue weighted by Crippen LogP contribution is -2.31. The molecule has 2 aromatic heterocycles. The number of nitrogens with zero attached hydrogens (tertiary/aromatic N) is 5. The Morgan fingerprint density at radius 2 is 1.58 bits per heavy atom. The first-order valence-electron chi connectivity index (χ1n) is 10.8. The Bertz CT molecular complexity index is 1410. The third kappa shape index (κ3) is 4.50. The second-order valence-corrected chi connectivity index (χ2v) is 7.94. The van der Waals surface area contributed by atoms with Gasteiger partial charge in [-0.2, -0.15) is 0 Å². The minimum Gasteiger partial charge on any atom is -0.337 e. The van der Waals surface area contributed by atoms with Crippen molar-refractivity contribution < 1.29 is 4.79 Å². The zero-order chi connectivity index (χ0) is 22.6. The van der Waals surface area contributed by atoms with Crippen LogP contribution in [-0.4, -0.2) is 30.3 Å². The van der Waals surface area contributed by atoms with Crippen molar-refractivity contribution in [1.29, 1.82) is 0 Å². The topological polar surface area (TPSA) is 63.9 Å². The van der Waals surface area contributed by atoms with Gasteiger partial charge >= 0.3 is 0 Å². The summed E-state index contributed by atoms with van der Waals surface area (Å²) in [5, 5.41) is 0. The lowest BCUT2D eigenvalue weighted by Gasteiger charge is -2.23. The van der Waals surface area contributed by atoms with Gasteiger partial charge in [-0.05, 0) is 41.0 Å². The molecule has 5 rings (SSSR count). The summed E-state index contributed by atoms with van der Waals surface area (Å²) < 4.78 is 1.94. The maximum Gasteiger partial charge on any atom is 0.254 e. The maximum absolute atomic E-state index is 13.6. The van der Waals surface area contributed by atoms with E-state index in [4.69, 9.17) is 0 Å². The second-order valence-electron chi connectivity index (χ2n) is 7.94. The highest BCUT2D eigenvalue weighted by molar-refractivity contribution is 5.97. The van der Waals surface area contributed by atoms with Crippen LogP contribution in [0.3, 0.4) is 0 Å². The molecule has 3 aromatic carbocycles. The first-order valence-corrected chi connectivity index (χ1v) is 10.8. The monoisotopic (exact) mass is 433 g/mol. The molecule has 0 atom stereocenters. The van der Waals surface area contributed by atoms with Crippen LogP contribution in [0.4, 0.5) is 0 Å². The van der Waals surface area contributed by atoms with E-state index >= 15 is 0 Å². The number of imidazole rings is 1. The largest absolute Gasteiger partial charge is 0.337 e. The molecular weight excluding hydrogens is 410 g/mol. The zero-order valence-corrected chi connectivity index (χ0v) is 18.3. The molecule has 0 radical (unpaired) electrons. The summed E-state index contributed by atoms with van der Waals surface area (Å²) in [5.41, 5.74) is 5.37. The van der Waals surface area contributed by atoms with Crippen molar-refractivity contribution in [2.24, 2.45) is 7.05 Å². The van der Waals surface area contributed by atoms with Crippen molar-refractivity contribution in [1.82, 2.24) is 24.4 Å². The first kappa shape index (κ1) is 20.6. The SMILES string of the molecule is Cn1ccnc1CN(Cc1cccc(-c2ccccc2)c1)C(=O)c1ccc2nccnc2c1. The van der Waals surface area contributed by atoms with E-state index in [1.807, 2.05) is 59.1 Å². The number of carbonyl (C=O) groups is 1. The number of hydrogen-bond donors (Lipinski definition) is 0. The Kier molecular flexibility index (Phi) is 5.64. The van der Waals surface area contributed by atoms with E-state index in [0.717, 1.165) is 28.0 Å². The average Bonchev–Trinajstić information content (AvgIpc) is 3.27. The van der Waals surface area contributed by atoms with Crippen LogP contribution < -0.4 is 0 Å². The molecular formula is C27H23N5O. The number of benzene rings is 3. The first-order chi connectivity index (χ1) is 16.2. The molecule has 0 N–H and O–H groups in total. The van der Waals surface area contributed by atoms with Gasteiger partial charge in [-0.25, -0.2) is 4.98 Å². The van der Waals surface area contributed by atoms with Crippen LogP contribution in [0.2, 0.25) is 0 Å². The summed E-state index contributed by atoms with van der Waals surface area (Å²) in [6.07, 6.45) is 6.92. The van der Waals surface area contributed by atoms with E-state index in [0.29, 0.717) is 24.2 Å². The number of aryl methyl sites for hydroxylation is 1. The van der Waals surface area contributed by atoms with Gasteiger partial charge in [-0.3, -0.25) is 14.8 Å². The predicted molar refractivity (Wildman–Crippen MR) is 128 cm³/mol. The van der Waals surface area contributed by atoms with Gasteiger partial charge in [-0.15, -0.1) is 0 Å². The molecule has 0 aliphatic heterocycles. The Morgan fingerprint density at radius 1 is 0.788 bits per heavy atom. The molecule has 2 heterocycles. The van der Waals surface area contributed by atoms with Gasteiger partial charge in [0, 0.05) is 43.9 Å². The summed E-state index contributed by atoms with van der Waals surface area (Å²) in [7, 11) is 1.94. The molecule has 0 bridgehead atoms. The molecule has 0 unspecified atom stereocenters. The van der Waals surface area contributed by atoms with Gasteiger partial charge in [0.15, 0.2) is 0 Å². The smallest absolute Gasteiger partial charge is 0.254 e. The van der Waals surface area contributed by atoms with Crippen molar-refractivity contribution in [3.63, 3.8) is 0 Å². The van der Waals surface area contributed by atoms with Crippen molar-refractivity contribution in [3.05, 3.63) is 115 Å². The van der Waals surface area contributed by atoms with Crippen LogP contribution >= 0.6 is 0 Å². The standard InChI is InChI=1S/C27H23N5O/c1-31-15-14-30-26(31)19-32(27(33)23-10-11-24-25(17-23)29-13-12-28-24)18-20-6-5-9-22(16-20)21-7-3-2-4-8-21/h2-17H,18-19H2,1H3. The predicted octanol–water partition coefficient (Wildman–Crippen LogP) is 4.87. The average molecular weight is 434 g/mol. The van der Waals surface area contributed by atoms with Gasteiger partial charge in [0.1, 0.15) is 5.82 Å².